The van der Waals surface area contributed by atoms with Gasteiger partial charge in [0.2, 0.25) is 0 Å². The van der Waals surface area contributed by atoms with Crippen molar-refractivity contribution >= 4 is 50.2 Å². The third kappa shape index (κ3) is 2.77. The van der Waals surface area contributed by atoms with E-state index in [2.05, 4.69) is 9.71 Å². The largest absolute Gasteiger partial charge is 0.481 e. The summed E-state index contributed by atoms with van der Waals surface area (Å²) in [5.74, 6) is -1.34. The molecule has 1 aromatic rings. The van der Waals surface area contributed by atoms with Crippen LogP contribution in [0.4, 0.5) is 5.69 Å². The number of amidine groups is 1. The maximum absolute atomic E-state index is 11.8. The van der Waals surface area contributed by atoms with E-state index in [1.54, 1.807) is 0 Å². The first-order valence-corrected chi connectivity index (χ1v) is 7.45. The average molecular weight is 307 g/mol. The number of aliphatic carboxylic acids is 1. The van der Waals surface area contributed by atoms with Crippen LogP contribution in [0.1, 0.15) is 0 Å². The molecule has 0 saturated heterocycles. The van der Waals surface area contributed by atoms with E-state index in [0.717, 1.165) is 11.8 Å². The van der Waals surface area contributed by atoms with Gasteiger partial charge in [0.25, 0.3) is 10.0 Å². The van der Waals surface area contributed by atoms with Crippen LogP contribution < -0.4 is 5.32 Å². The molecule has 18 heavy (non-hydrogen) atoms. The van der Waals surface area contributed by atoms with Crippen molar-refractivity contribution in [3.63, 3.8) is 0 Å². The number of rotatable bonds is 2. The van der Waals surface area contributed by atoms with E-state index in [0.29, 0.717) is 10.7 Å². The van der Waals surface area contributed by atoms with Crippen LogP contribution in [-0.2, 0) is 14.8 Å². The Morgan fingerprint density at radius 2 is 2.22 bits per heavy atom. The molecule has 1 aliphatic rings. The molecule has 0 amide bonds. The number of halogens is 1. The van der Waals surface area contributed by atoms with Gasteiger partial charge in [0.05, 0.1) is 11.4 Å². The Balaban J connectivity index is 2.36. The average Bonchev–Trinajstić information content (AvgIpc) is 2.24. The van der Waals surface area contributed by atoms with Crippen LogP contribution >= 0.6 is 23.4 Å². The first-order valence-electron chi connectivity index (χ1n) is 4.64. The monoisotopic (exact) mass is 306 g/mol. The Labute approximate surface area is 112 Å². The first-order chi connectivity index (χ1) is 8.38. The van der Waals surface area contributed by atoms with Crippen molar-refractivity contribution in [2.75, 3.05) is 11.1 Å². The molecule has 0 fully saturated rings. The number of fused-ring (bicyclic) bond motifs is 1. The number of carboxylic acid groups (broad SMARTS) is 1. The van der Waals surface area contributed by atoms with Crippen molar-refractivity contribution in [1.29, 1.82) is 0 Å². The zero-order valence-electron chi connectivity index (χ0n) is 8.75. The molecule has 0 unspecified atom stereocenters. The van der Waals surface area contributed by atoms with Crippen LogP contribution in [0.3, 0.4) is 0 Å². The molecule has 1 heterocycles. The number of anilines is 1. The van der Waals surface area contributed by atoms with Crippen LogP contribution in [0.25, 0.3) is 0 Å². The minimum atomic E-state index is -3.80. The molecule has 0 bridgehead atoms. The highest BCUT2D eigenvalue weighted by Gasteiger charge is 2.25. The zero-order chi connectivity index (χ0) is 13.3. The molecule has 0 radical (unpaired) electrons. The number of sulfonamides is 1. The Bertz CT molecular complexity index is 642. The fourth-order valence-electron chi connectivity index (χ4n) is 1.31. The highest BCUT2D eigenvalue weighted by Crippen LogP contribution is 2.31. The number of carbonyl (C=O) groups is 1. The van der Waals surface area contributed by atoms with Crippen LogP contribution in [0, 0.1) is 0 Å². The van der Waals surface area contributed by atoms with Gasteiger partial charge >= 0.3 is 5.97 Å². The highest BCUT2D eigenvalue weighted by molar-refractivity contribution is 8.15. The van der Waals surface area contributed by atoms with Crippen molar-refractivity contribution in [3.05, 3.63) is 23.2 Å². The van der Waals surface area contributed by atoms with E-state index in [1.807, 2.05) is 0 Å². The topological polar surface area (TPSA) is 95.8 Å². The minimum absolute atomic E-state index is 0.0200. The molecule has 96 valence electrons. The summed E-state index contributed by atoms with van der Waals surface area (Å²) in [6.45, 7) is 0. The molecule has 0 aliphatic carbocycles. The van der Waals surface area contributed by atoms with Gasteiger partial charge in [0, 0.05) is 5.02 Å². The van der Waals surface area contributed by atoms with Gasteiger partial charge in [-0.3, -0.25) is 4.79 Å². The molecule has 0 spiro atoms. The molecule has 0 aromatic heterocycles. The van der Waals surface area contributed by atoms with Crippen LogP contribution in [-0.4, -0.2) is 30.4 Å². The highest BCUT2D eigenvalue weighted by atomic mass is 35.5. The molecule has 2 rings (SSSR count). The summed E-state index contributed by atoms with van der Waals surface area (Å²) in [6, 6.07) is 4.25. The van der Waals surface area contributed by atoms with Crippen molar-refractivity contribution in [1.82, 2.24) is 0 Å². The number of thioether (sulfide) groups is 1. The summed E-state index contributed by atoms with van der Waals surface area (Å²) in [4.78, 5) is 10.4. The Morgan fingerprint density at radius 1 is 1.50 bits per heavy atom. The summed E-state index contributed by atoms with van der Waals surface area (Å²) in [5.41, 5.74) is 0.297. The normalized spacial score (nSPS) is 16.4. The van der Waals surface area contributed by atoms with Gasteiger partial charge < -0.3 is 10.4 Å². The molecular formula is C9H7ClN2O4S2. The second-order valence-corrected chi connectivity index (χ2v) is 6.29. The Kier molecular flexibility index (Phi) is 3.51. The number of benzene rings is 1. The van der Waals surface area contributed by atoms with E-state index in [9.17, 15) is 13.2 Å². The number of carboxylic acids is 1. The SMILES string of the molecule is O=C(O)CSC1=NS(=O)(=O)c2ccc(Cl)cc2N1. The molecule has 9 heteroatoms. The van der Waals surface area contributed by atoms with Crippen LogP contribution in [0.2, 0.25) is 5.02 Å². The predicted molar refractivity (Wildman–Crippen MR) is 69.8 cm³/mol. The summed E-state index contributed by atoms with van der Waals surface area (Å²) >= 11 is 6.56. The Hall–Kier alpha value is -1.25. The minimum Gasteiger partial charge on any atom is -0.481 e. The van der Waals surface area contributed by atoms with E-state index in [1.165, 1.54) is 18.2 Å². The van der Waals surface area contributed by atoms with Gasteiger partial charge in [-0.2, -0.15) is 8.42 Å². The van der Waals surface area contributed by atoms with Crippen LogP contribution in [0.5, 0.6) is 0 Å². The molecule has 0 saturated carbocycles. The molecular weight excluding hydrogens is 300 g/mol. The molecule has 6 nitrogen and oxygen atoms in total. The number of nitrogens with zero attached hydrogens (tertiary/aromatic N) is 1. The first kappa shape index (κ1) is 13.2. The third-order valence-corrected chi connectivity index (χ3v) is 4.54. The van der Waals surface area contributed by atoms with Crippen molar-refractivity contribution in [2.24, 2.45) is 4.40 Å². The zero-order valence-corrected chi connectivity index (χ0v) is 11.1. The lowest BCUT2D eigenvalue weighted by molar-refractivity contribution is -0.133. The predicted octanol–water partition coefficient (Wildman–Crippen LogP) is 1.63. The number of hydrogen-bond acceptors (Lipinski definition) is 5. The van der Waals surface area contributed by atoms with Gasteiger partial charge in [-0.1, -0.05) is 23.4 Å². The van der Waals surface area contributed by atoms with Gasteiger partial charge in [-0.15, -0.1) is 4.40 Å². The lowest BCUT2D eigenvalue weighted by atomic mass is 10.3. The maximum Gasteiger partial charge on any atom is 0.313 e. The van der Waals surface area contributed by atoms with Gasteiger partial charge in [-0.05, 0) is 18.2 Å². The van der Waals surface area contributed by atoms with E-state index < -0.39 is 16.0 Å². The molecule has 1 aliphatic heterocycles. The summed E-state index contributed by atoms with van der Waals surface area (Å²) in [7, 11) is -3.80. The quantitative estimate of drug-likeness (QED) is 0.862. The second-order valence-electron chi connectivity index (χ2n) is 3.32. The molecule has 0 atom stereocenters. The summed E-state index contributed by atoms with van der Waals surface area (Å²) in [5, 5.41) is 11.7. The third-order valence-electron chi connectivity index (χ3n) is 2.00. The lowest BCUT2D eigenvalue weighted by Gasteiger charge is -2.17. The van der Waals surface area contributed by atoms with Crippen molar-refractivity contribution in [2.45, 2.75) is 4.90 Å². The second kappa shape index (κ2) is 4.79. The fraction of sp³-hybridized carbons (Fsp3) is 0.111. The lowest BCUT2D eigenvalue weighted by Crippen LogP contribution is -2.20. The van der Waals surface area contributed by atoms with E-state index in [4.69, 9.17) is 16.7 Å². The fourth-order valence-corrected chi connectivity index (χ4v) is 3.42. The molecule has 1 aromatic carbocycles. The standard InChI is InChI=1S/C9H7ClN2O4S2/c10-5-1-2-7-6(3-5)11-9(12-18(7,15)16)17-4-8(13)14/h1-3H,4H2,(H,11,12)(H,13,14). The molecule has 2 N–H and O–H groups in total. The van der Waals surface area contributed by atoms with Crippen LogP contribution in [0.15, 0.2) is 27.5 Å². The Morgan fingerprint density at radius 3 is 2.89 bits per heavy atom. The summed E-state index contributed by atoms with van der Waals surface area (Å²) < 4.78 is 27.1. The van der Waals surface area contributed by atoms with Gasteiger partial charge in [0.1, 0.15) is 4.90 Å². The van der Waals surface area contributed by atoms with Gasteiger partial charge in [0.15, 0.2) is 5.17 Å². The van der Waals surface area contributed by atoms with Crippen molar-refractivity contribution < 1.29 is 18.3 Å². The maximum atomic E-state index is 11.8. The summed E-state index contributed by atoms with van der Waals surface area (Å²) in [6.07, 6.45) is 0. The van der Waals surface area contributed by atoms with E-state index >= 15 is 0 Å². The smallest absolute Gasteiger partial charge is 0.313 e. The van der Waals surface area contributed by atoms with Gasteiger partial charge in [-0.25, -0.2) is 0 Å². The number of hydrogen-bond donors (Lipinski definition) is 2. The van der Waals surface area contributed by atoms with Crippen molar-refractivity contribution in [3.8, 4) is 0 Å². The van der Waals surface area contributed by atoms with E-state index in [-0.39, 0.29) is 15.8 Å². The number of nitrogens with one attached hydrogen (secondary N) is 1.